The molecule has 0 atom stereocenters. The SMILES string of the molecule is CCOc1cc(-c2cccc(Cl)c2)nc2ccc(C(=O)Nc3ccc(C)cc3)cc12. The van der Waals surface area contributed by atoms with Crippen LogP contribution in [0.15, 0.2) is 72.8 Å². The smallest absolute Gasteiger partial charge is 0.255 e. The Labute approximate surface area is 180 Å². The highest BCUT2D eigenvalue weighted by Crippen LogP contribution is 2.32. The fraction of sp³-hybridized carbons (Fsp3) is 0.120. The number of carbonyl (C=O) groups is 1. The van der Waals surface area contributed by atoms with Crippen molar-refractivity contribution in [1.82, 2.24) is 4.98 Å². The number of benzene rings is 3. The van der Waals surface area contributed by atoms with Crippen LogP contribution in [-0.4, -0.2) is 17.5 Å². The van der Waals surface area contributed by atoms with Crippen LogP contribution in [0.5, 0.6) is 5.75 Å². The zero-order valence-electron chi connectivity index (χ0n) is 16.8. The topological polar surface area (TPSA) is 51.2 Å². The minimum absolute atomic E-state index is 0.179. The van der Waals surface area contributed by atoms with Gasteiger partial charge >= 0.3 is 0 Å². The third kappa shape index (κ3) is 4.29. The summed E-state index contributed by atoms with van der Waals surface area (Å²) in [7, 11) is 0. The second-order valence-electron chi connectivity index (χ2n) is 7.00. The standard InChI is InChI=1S/C25H21ClN2O2/c1-3-30-24-15-23(17-5-4-6-19(26)13-17)28-22-12-9-18(14-21(22)24)25(29)27-20-10-7-16(2)8-11-20/h4-15H,3H2,1-2H3,(H,27,29). The summed E-state index contributed by atoms with van der Waals surface area (Å²) in [6, 6.07) is 22.6. The van der Waals surface area contributed by atoms with Gasteiger partial charge in [0.2, 0.25) is 0 Å². The maximum absolute atomic E-state index is 12.8. The number of carbonyl (C=O) groups excluding carboxylic acids is 1. The molecule has 0 aliphatic rings. The Morgan fingerprint density at radius 1 is 1.03 bits per heavy atom. The Kier molecular flexibility index (Phi) is 5.68. The number of fused-ring (bicyclic) bond motifs is 1. The van der Waals surface area contributed by atoms with Crippen molar-refractivity contribution in [2.75, 3.05) is 11.9 Å². The number of anilines is 1. The van der Waals surface area contributed by atoms with Crippen molar-refractivity contribution >= 4 is 34.1 Å². The molecule has 4 aromatic rings. The highest BCUT2D eigenvalue weighted by molar-refractivity contribution is 6.30. The van der Waals surface area contributed by atoms with Crippen LogP contribution < -0.4 is 10.1 Å². The third-order valence-electron chi connectivity index (χ3n) is 4.76. The van der Waals surface area contributed by atoms with Crippen LogP contribution in [-0.2, 0) is 0 Å². The first-order valence-corrected chi connectivity index (χ1v) is 10.1. The van der Waals surface area contributed by atoms with Crippen molar-refractivity contribution in [2.24, 2.45) is 0 Å². The average molecular weight is 417 g/mol. The first kappa shape index (κ1) is 19.9. The summed E-state index contributed by atoms with van der Waals surface area (Å²) in [5.74, 6) is 0.504. The number of aromatic nitrogens is 1. The van der Waals surface area contributed by atoms with Gasteiger partial charge in [0.15, 0.2) is 0 Å². The highest BCUT2D eigenvalue weighted by atomic mass is 35.5. The Morgan fingerprint density at radius 2 is 1.83 bits per heavy atom. The molecule has 0 aliphatic carbocycles. The van der Waals surface area contributed by atoms with Crippen LogP contribution in [0.4, 0.5) is 5.69 Å². The summed E-state index contributed by atoms with van der Waals surface area (Å²) in [5.41, 5.74) is 4.87. The fourth-order valence-corrected chi connectivity index (χ4v) is 3.44. The maximum atomic E-state index is 12.8. The van der Waals surface area contributed by atoms with E-state index in [-0.39, 0.29) is 5.91 Å². The molecule has 30 heavy (non-hydrogen) atoms. The van der Waals surface area contributed by atoms with Crippen molar-refractivity contribution in [3.8, 4) is 17.0 Å². The maximum Gasteiger partial charge on any atom is 0.255 e. The van der Waals surface area contributed by atoms with E-state index in [9.17, 15) is 4.79 Å². The molecule has 0 spiro atoms. The zero-order chi connectivity index (χ0) is 21.1. The second kappa shape index (κ2) is 8.56. The zero-order valence-corrected chi connectivity index (χ0v) is 17.5. The molecule has 5 heteroatoms. The second-order valence-corrected chi connectivity index (χ2v) is 7.44. The van der Waals surface area contributed by atoms with E-state index in [0.29, 0.717) is 22.9 Å². The molecular formula is C25H21ClN2O2. The molecule has 4 rings (SSSR count). The van der Waals surface area contributed by atoms with Crippen molar-refractivity contribution in [3.63, 3.8) is 0 Å². The number of hydrogen-bond acceptors (Lipinski definition) is 3. The number of aryl methyl sites for hydroxylation is 1. The van der Waals surface area contributed by atoms with Crippen LogP contribution in [0, 0.1) is 6.92 Å². The van der Waals surface area contributed by atoms with Crippen molar-refractivity contribution < 1.29 is 9.53 Å². The first-order valence-electron chi connectivity index (χ1n) is 9.75. The van der Waals surface area contributed by atoms with Crippen LogP contribution in [0.25, 0.3) is 22.2 Å². The monoisotopic (exact) mass is 416 g/mol. The average Bonchev–Trinajstić information content (AvgIpc) is 2.75. The van der Waals surface area contributed by atoms with Crippen molar-refractivity contribution in [3.05, 3.63) is 88.9 Å². The predicted molar refractivity (Wildman–Crippen MR) is 122 cm³/mol. The Bertz CT molecular complexity index is 1220. The van der Waals surface area contributed by atoms with Crippen molar-refractivity contribution in [1.29, 1.82) is 0 Å². The fourth-order valence-electron chi connectivity index (χ4n) is 3.25. The number of halogens is 1. The number of ether oxygens (including phenoxy) is 1. The first-order chi connectivity index (χ1) is 14.5. The van der Waals surface area contributed by atoms with Gasteiger partial charge in [-0.1, -0.05) is 41.4 Å². The van der Waals surface area contributed by atoms with Gasteiger partial charge in [0.05, 0.1) is 17.8 Å². The Hall–Kier alpha value is -3.37. The van der Waals surface area contributed by atoms with Gasteiger partial charge in [0.25, 0.3) is 5.91 Å². The van der Waals surface area contributed by atoms with E-state index < -0.39 is 0 Å². The molecule has 4 nitrogen and oxygen atoms in total. The highest BCUT2D eigenvalue weighted by Gasteiger charge is 2.13. The van der Waals surface area contributed by atoms with E-state index in [1.807, 2.05) is 80.6 Å². The lowest BCUT2D eigenvalue weighted by Gasteiger charge is -2.12. The summed E-state index contributed by atoms with van der Waals surface area (Å²) in [6.07, 6.45) is 0. The van der Waals surface area contributed by atoms with Gasteiger partial charge in [-0.15, -0.1) is 0 Å². The van der Waals surface area contributed by atoms with Gasteiger partial charge < -0.3 is 10.1 Å². The lowest BCUT2D eigenvalue weighted by Crippen LogP contribution is -2.11. The molecule has 0 unspecified atom stereocenters. The molecule has 1 amide bonds. The molecule has 0 aliphatic heterocycles. The molecule has 3 aromatic carbocycles. The van der Waals surface area contributed by atoms with Crippen LogP contribution in [0.3, 0.4) is 0 Å². The number of hydrogen-bond donors (Lipinski definition) is 1. The van der Waals surface area contributed by atoms with E-state index in [0.717, 1.165) is 33.4 Å². The van der Waals surface area contributed by atoms with Crippen molar-refractivity contribution in [2.45, 2.75) is 13.8 Å². The minimum Gasteiger partial charge on any atom is -0.493 e. The third-order valence-corrected chi connectivity index (χ3v) is 5.00. The molecular weight excluding hydrogens is 396 g/mol. The van der Waals surface area contributed by atoms with E-state index in [1.54, 1.807) is 6.07 Å². The van der Waals surface area contributed by atoms with Gasteiger partial charge in [-0.3, -0.25) is 4.79 Å². The van der Waals surface area contributed by atoms with E-state index in [1.165, 1.54) is 0 Å². The molecule has 0 saturated carbocycles. The number of nitrogens with zero attached hydrogens (tertiary/aromatic N) is 1. The molecule has 150 valence electrons. The minimum atomic E-state index is -0.179. The molecule has 0 fully saturated rings. The number of pyridine rings is 1. The summed E-state index contributed by atoms with van der Waals surface area (Å²) in [5, 5.41) is 4.37. The predicted octanol–water partition coefficient (Wildman–Crippen LogP) is 6.51. The molecule has 1 N–H and O–H groups in total. The number of rotatable bonds is 5. The van der Waals surface area contributed by atoms with Gasteiger partial charge in [0.1, 0.15) is 5.75 Å². The van der Waals surface area contributed by atoms with Gasteiger partial charge in [-0.2, -0.15) is 0 Å². The normalized spacial score (nSPS) is 10.8. The largest absolute Gasteiger partial charge is 0.493 e. The van der Waals surface area contributed by atoms with Gasteiger partial charge in [-0.25, -0.2) is 4.98 Å². The summed E-state index contributed by atoms with van der Waals surface area (Å²) >= 11 is 6.14. The van der Waals surface area contributed by atoms with E-state index >= 15 is 0 Å². The molecule has 1 heterocycles. The summed E-state index contributed by atoms with van der Waals surface area (Å²) in [6.45, 7) is 4.45. The Morgan fingerprint density at radius 3 is 2.57 bits per heavy atom. The molecule has 0 radical (unpaired) electrons. The lowest BCUT2D eigenvalue weighted by molar-refractivity contribution is 0.102. The van der Waals surface area contributed by atoms with E-state index in [2.05, 4.69) is 5.32 Å². The van der Waals surface area contributed by atoms with Crippen LogP contribution in [0.2, 0.25) is 5.02 Å². The lowest BCUT2D eigenvalue weighted by atomic mass is 10.1. The van der Waals surface area contributed by atoms with E-state index in [4.69, 9.17) is 21.3 Å². The quantitative estimate of drug-likeness (QED) is 0.403. The van der Waals surface area contributed by atoms with Crippen LogP contribution in [0.1, 0.15) is 22.8 Å². The molecule has 1 aromatic heterocycles. The Balaban J connectivity index is 1.72. The van der Waals surface area contributed by atoms with Gasteiger partial charge in [-0.05, 0) is 56.3 Å². The van der Waals surface area contributed by atoms with Gasteiger partial charge in [0, 0.05) is 33.3 Å². The number of nitrogens with one attached hydrogen (secondary N) is 1. The number of amides is 1. The van der Waals surface area contributed by atoms with Crippen LogP contribution >= 0.6 is 11.6 Å². The summed E-state index contributed by atoms with van der Waals surface area (Å²) in [4.78, 5) is 17.5. The molecule has 0 saturated heterocycles. The summed E-state index contributed by atoms with van der Waals surface area (Å²) < 4.78 is 5.87. The molecule has 0 bridgehead atoms.